The van der Waals surface area contributed by atoms with Crippen molar-refractivity contribution in [1.29, 1.82) is 0 Å². The second-order valence-electron chi connectivity index (χ2n) is 3.79. The van der Waals surface area contributed by atoms with E-state index in [0.717, 1.165) is 18.7 Å². The van der Waals surface area contributed by atoms with Crippen LogP contribution >= 0.6 is 0 Å². The number of methoxy groups -OCH3 is 2. The molecule has 0 radical (unpaired) electrons. The first-order chi connectivity index (χ1) is 8.76. The average molecular weight is 251 g/mol. The van der Waals surface area contributed by atoms with Gasteiger partial charge in [0.05, 0.1) is 20.3 Å². The van der Waals surface area contributed by atoms with Gasteiger partial charge < -0.3 is 20.5 Å². The molecule has 0 bridgehead atoms. The summed E-state index contributed by atoms with van der Waals surface area (Å²) in [5.41, 5.74) is 6.89. The Bertz CT molecular complexity index is 380. The van der Waals surface area contributed by atoms with E-state index in [1.807, 2.05) is 18.2 Å². The van der Waals surface area contributed by atoms with E-state index in [0.29, 0.717) is 19.1 Å². The predicted octanol–water partition coefficient (Wildman–Crippen LogP) is 0.788. The van der Waals surface area contributed by atoms with Crippen LogP contribution in [0.4, 0.5) is 0 Å². The Morgan fingerprint density at radius 3 is 2.94 bits per heavy atom. The zero-order valence-corrected chi connectivity index (χ0v) is 11.0. The van der Waals surface area contributed by atoms with Crippen molar-refractivity contribution >= 4 is 5.96 Å². The highest BCUT2D eigenvalue weighted by Gasteiger charge is 1.96. The lowest BCUT2D eigenvalue weighted by molar-refractivity contribution is 0.208. The molecule has 0 saturated carbocycles. The third-order valence-corrected chi connectivity index (χ3v) is 2.43. The van der Waals surface area contributed by atoms with Crippen molar-refractivity contribution in [2.24, 2.45) is 10.7 Å². The predicted molar refractivity (Wildman–Crippen MR) is 73.1 cm³/mol. The van der Waals surface area contributed by atoms with Gasteiger partial charge in [0.2, 0.25) is 0 Å². The van der Waals surface area contributed by atoms with Crippen LogP contribution in [-0.4, -0.2) is 39.9 Å². The fraction of sp³-hybridized carbons (Fsp3) is 0.462. The number of nitrogens with two attached hydrogens (primary N) is 1. The highest BCUT2D eigenvalue weighted by Crippen LogP contribution is 2.12. The van der Waals surface area contributed by atoms with Crippen LogP contribution in [-0.2, 0) is 11.2 Å². The molecule has 0 heterocycles. The van der Waals surface area contributed by atoms with Crippen molar-refractivity contribution in [3.05, 3.63) is 29.8 Å². The summed E-state index contributed by atoms with van der Waals surface area (Å²) < 4.78 is 10.1. The Balaban J connectivity index is 2.30. The van der Waals surface area contributed by atoms with Crippen LogP contribution in [0.25, 0.3) is 0 Å². The Morgan fingerprint density at radius 1 is 1.39 bits per heavy atom. The third kappa shape index (κ3) is 5.54. The standard InChI is InChI=1S/C13H21N3O2/c1-17-9-8-16-13(14)15-7-6-11-4-3-5-12(10-11)18-2/h3-5,10H,6-9H2,1-2H3,(H3,14,15,16). The first kappa shape index (κ1) is 14.3. The maximum atomic E-state index is 5.69. The lowest BCUT2D eigenvalue weighted by atomic mass is 10.1. The van der Waals surface area contributed by atoms with Crippen LogP contribution < -0.4 is 15.8 Å². The number of hydrogen-bond acceptors (Lipinski definition) is 3. The lowest BCUT2D eigenvalue weighted by Crippen LogP contribution is -2.33. The maximum absolute atomic E-state index is 5.69. The van der Waals surface area contributed by atoms with Crippen molar-refractivity contribution in [3.63, 3.8) is 0 Å². The van der Waals surface area contributed by atoms with Gasteiger partial charge in [0.1, 0.15) is 5.75 Å². The van der Waals surface area contributed by atoms with E-state index < -0.39 is 0 Å². The molecule has 0 aliphatic rings. The quantitative estimate of drug-likeness (QED) is 0.427. The fourth-order valence-corrected chi connectivity index (χ4v) is 1.48. The van der Waals surface area contributed by atoms with Gasteiger partial charge in [-0.3, -0.25) is 4.99 Å². The molecule has 0 atom stereocenters. The van der Waals surface area contributed by atoms with Crippen LogP contribution in [0.2, 0.25) is 0 Å². The zero-order chi connectivity index (χ0) is 13.2. The zero-order valence-electron chi connectivity index (χ0n) is 11.0. The van der Waals surface area contributed by atoms with Gasteiger partial charge >= 0.3 is 0 Å². The van der Waals surface area contributed by atoms with Crippen LogP contribution in [0.3, 0.4) is 0 Å². The van der Waals surface area contributed by atoms with Crippen molar-refractivity contribution in [3.8, 4) is 5.75 Å². The maximum Gasteiger partial charge on any atom is 0.188 e. The molecule has 100 valence electrons. The molecule has 3 N–H and O–H groups in total. The molecule has 5 nitrogen and oxygen atoms in total. The second kappa shape index (κ2) is 8.36. The molecule has 1 aromatic carbocycles. The van der Waals surface area contributed by atoms with E-state index >= 15 is 0 Å². The van der Waals surface area contributed by atoms with E-state index in [9.17, 15) is 0 Å². The number of guanidine groups is 1. The van der Waals surface area contributed by atoms with Crippen molar-refractivity contribution in [1.82, 2.24) is 5.32 Å². The first-order valence-corrected chi connectivity index (χ1v) is 5.92. The summed E-state index contributed by atoms with van der Waals surface area (Å²) in [6.07, 6.45) is 0.873. The summed E-state index contributed by atoms with van der Waals surface area (Å²) in [6.45, 7) is 1.91. The second-order valence-corrected chi connectivity index (χ2v) is 3.79. The van der Waals surface area contributed by atoms with Gasteiger partial charge in [-0.2, -0.15) is 0 Å². The fourth-order valence-electron chi connectivity index (χ4n) is 1.48. The number of benzene rings is 1. The van der Waals surface area contributed by atoms with E-state index in [2.05, 4.69) is 16.4 Å². The minimum absolute atomic E-state index is 0.454. The highest BCUT2D eigenvalue weighted by atomic mass is 16.5. The SMILES string of the molecule is COCCN=C(N)NCCc1cccc(OC)c1. The van der Waals surface area contributed by atoms with E-state index in [1.54, 1.807) is 14.2 Å². The third-order valence-electron chi connectivity index (χ3n) is 2.43. The van der Waals surface area contributed by atoms with Crippen LogP contribution in [0.5, 0.6) is 5.75 Å². The van der Waals surface area contributed by atoms with E-state index in [1.165, 1.54) is 5.56 Å². The summed E-state index contributed by atoms with van der Waals surface area (Å²) in [6, 6.07) is 7.98. The topological polar surface area (TPSA) is 68.9 Å². The van der Waals surface area contributed by atoms with Gasteiger partial charge in [0.15, 0.2) is 5.96 Å². The van der Waals surface area contributed by atoms with Crippen LogP contribution in [0.15, 0.2) is 29.3 Å². The van der Waals surface area contributed by atoms with Gasteiger partial charge in [-0.1, -0.05) is 12.1 Å². The van der Waals surface area contributed by atoms with Gasteiger partial charge in [-0.15, -0.1) is 0 Å². The molecule has 1 rings (SSSR count). The molecule has 0 amide bonds. The Morgan fingerprint density at radius 2 is 2.22 bits per heavy atom. The Labute approximate surface area is 108 Å². The van der Waals surface area contributed by atoms with Gasteiger partial charge in [-0.25, -0.2) is 0 Å². The van der Waals surface area contributed by atoms with Gasteiger partial charge in [0.25, 0.3) is 0 Å². The lowest BCUT2D eigenvalue weighted by Gasteiger charge is -2.07. The number of hydrogen-bond donors (Lipinski definition) is 2. The molecule has 0 fully saturated rings. The summed E-state index contributed by atoms with van der Waals surface area (Å²) >= 11 is 0. The van der Waals surface area contributed by atoms with Crippen LogP contribution in [0.1, 0.15) is 5.56 Å². The molecular formula is C13H21N3O2. The molecule has 0 aliphatic carbocycles. The monoisotopic (exact) mass is 251 g/mol. The molecule has 18 heavy (non-hydrogen) atoms. The molecule has 0 unspecified atom stereocenters. The minimum Gasteiger partial charge on any atom is -0.497 e. The smallest absolute Gasteiger partial charge is 0.188 e. The highest BCUT2D eigenvalue weighted by molar-refractivity contribution is 5.77. The normalized spacial score (nSPS) is 11.3. The van der Waals surface area contributed by atoms with Gasteiger partial charge in [0, 0.05) is 13.7 Å². The molecule has 0 aromatic heterocycles. The molecule has 1 aromatic rings. The van der Waals surface area contributed by atoms with E-state index in [-0.39, 0.29) is 0 Å². The number of aliphatic imine (C=N–C) groups is 1. The van der Waals surface area contributed by atoms with E-state index in [4.69, 9.17) is 15.2 Å². The number of nitrogens with one attached hydrogen (secondary N) is 1. The molecule has 0 saturated heterocycles. The Kier molecular flexibility index (Phi) is 6.64. The molecule has 0 spiro atoms. The summed E-state index contributed by atoms with van der Waals surface area (Å²) in [5, 5.41) is 3.06. The molecular weight excluding hydrogens is 230 g/mol. The minimum atomic E-state index is 0.454. The summed E-state index contributed by atoms with van der Waals surface area (Å²) in [7, 11) is 3.31. The van der Waals surface area contributed by atoms with Crippen molar-refractivity contribution in [2.75, 3.05) is 33.9 Å². The van der Waals surface area contributed by atoms with Gasteiger partial charge in [-0.05, 0) is 24.1 Å². The summed E-state index contributed by atoms with van der Waals surface area (Å²) in [5.74, 6) is 1.32. The number of nitrogens with zero attached hydrogens (tertiary/aromatic N) is 1. The Hall–Kier alpha value is -1.75. The van der Waals surface area contributed by atoms with Crippen molar-refractivity contribution < 1.29 is 9.47 Å². The summed E-state index contributed by atoms with van der Waals surface area (Å²) in [4.78, 5) is 4.11. The molecule has 5 heteroatoms. The largest absolute Gasteiger partial charge is 0.497 e. The number of ether oxygens (including phenoxy) is 2. The van der Waals surface area contributed by atoms with Crippen LogP contribution in [0, 0.1) is 0 Å². The number of rotatable bonds is 7. The van der Waals surface area contributed by atoms with Crippen molar-refractivity contribution in [2.45, 2.75) is 6.42 Å². The molecule has 0 aliphatic heterocycles. The first-order valence-electron chi connectivity index (χ1n) is 5.92. The average Bonchev–Trinajstić information content (AvgIpc) is 2.39.